The van der Waals surface area contributed by atoms with Gasteiger partial charge in [0.15, 0.2) is 0 Å². The monoisotopic (exact) mass is 199 g/mol. The first-order chi connectivity index (χ1) is 6.50. The highest BCUT2D eigenvalue weighted by molar-refractivity contribution is 5.05. The predicted molar refractivity (Wildman–Crippen MR) is 51.5 cm³/mol. The minimum absolute atomic E-state index is 0.305. The number of hydrogen-bond donors (Lipinski definition) is 2. The quantitative estimate of drug-likeness (QED) is 0.641. The molecule has 0 unspecified atom stereocenters. The fraction of sp³-hybridized carbons (Fsp3) is 0.500. The summed E-state index contributed by atoms with van der Waals surface area (Å²) in [7, 11) is 3.71. The summed E-state index contributed by atoms with van der Waals surface area (Å²) in [6, 6.07) is 0.983. The molecule has 0 saturated heterocycles. The molecule has 0 aromatic carbocycles. The summed E-state index contributed by atoms with van der Waals surface area (Å²) in [6.45, 7) is 0.952. The molecule has 0 bridgehead atoms. The van der Waals surface area contributed by atoms with Gasteiger partial charge in [-0.2, -0.15) is 0 Å². The first-order valence-electron chi connectivity index (χ1n) is 4.18. The summed E-state index contributed by atoms with van der Waals surface area (Å²) >= 11 is 0. The van der Waals surface area contributed by atoms with Crippen LogP contribution in [0.3, 0.4) is 0 Å². The van der Waals surface area contributed by atoms with Crippen LogP contribution in [0.15, 0.2) is 15.7 Å². The molecule has 0 aliphatic rings. The van der Waals surface area contributed by atoms with Gasteiger partial charge in [0, 0.05) is 13.1 Å². The number of likely N-dealkylation sites (N-methyl/N-ethyl adjacent to an activating group) is 1. The highest BCUT2D eigenvalue weighted by Crippen LogP contribution is 1.99. The van der Waals surface area contributed by atoms with Crippen molar-refractivity contribution in [1.29, 1.82) is 0 Å². The Balaban J connectivity index is 2.98. The van der Waals surface area contributed by atoms with Gasteiger partial charge in [-0.05, 0) is 14.1 Å². The van der Waals surface area contributed by atoms with Crippen LogP contribution >= 0.6 is 0 Å². The standard InChI is InChI=1S/C8H13N3O3/c1-10(2)3-4-11-7(13)5-6(12)9-8(11)14/h5,13H,3-4H2,1-2H3,(H,9,12,14). The first kappa shape index (κ1) is 10.5. The van der Waals surface area contributed by atoms with Crippen molar-refractivity contribution in [2.75, 3.05) is 20.6 Å². The van der Waals surface area contributed by atoms with E-state index in [0.717, 1.165) is 10.6 Å². The van der Waals surface area contributed by atoms with Crippen LogP contribution in [0.2, 0.25) is 0 Å². The molecule has 0 aliphatic heterocycles. The molecule has 1 rings (SSSR count). The molecule has 6 nitrogen and oxygen atoms in total. The number of aromatic amines is 1. The van der Waals surface area contributed by atoms with Crippen molar-refractivity contribution in [3.8, 4) is 5.88 Å². The van der Waals surface area contributed by atoms with Crippen LogP contribution in [-0.2, 0) is 6.54 Å². The number of nitrogens with one attached hydrogen (secondary N) is 1. The van der Waals surface area contributed by atoms with Gasteiger partial charge in [0.25, 0.3) is 5.56 Å². The molecule has 0 saturated carbocycles. The van der Waals surface area contributed by atoms with Gasteiger partial charge in [-0.25, -0.2) is 4.79 Å². The number of H-pyrrole nitrogens is 1. The fourth-order valence-corrected chi connectivity index (χ4v) is 1.02. The Morgan fingerprint density at radius 2 is 2.14 bits per heavy atom. The van der Waals surface area contributed by atoms with E-state index >= 15 is 0 Å². The van der Waals surface area contributed by atoms with Crippen molar-refractivity contribution in [1.82, 2.24) is 14.5 Å². The van der Waals surface area contributed by atoms with Gasteiger partial charge in [-0.15, -0.1) is 0 Å². The second-order valence-electron chi connectivity index (χ2n) is 3.25. The van der Waals surface area contributed by atoms with Gasteiger partial charge in [0.1, 0.15) is 0 Å². The van der Waals surface area contributed by atoms with E-state index < -0.39 is 11.2 Å². The Kier molecular flexibility index (Phi) is 3.08. The molecule has 0 fully saturated rings. The third-order valence-electron chi connectivity index (χ3n) is 1.78. The van der Waals surface area contributed by atoms with Gasteiger partial charge < -0.3 is 10.0 Å². The largest absolute Gasteiger partial charge is 0.494 e. The second-order valence-corrected chi connectivity index (χ2v) is 3.25. The van der Waals surface area contributed by atoms with Gasteiger partial charge in [-0.3, -0.25) is 14.3 Å². The molecule has 1 heterocycles. The molecule has 6 heteroatoms. The molecule has 2 N–H and O–H groups in total. The van der Waals surface area contributed by atoms with Crippen LogP contribution in [0.1, 0.15) is 0 Å². The summed E-state index contributed by atoms with van der Waals surface area (Å²) < 4.78 is 1.11. The van der Waals surface area contributed by atoms with E-state index in [2.05, 4.69) is 4.98 Å². The van der Waals surface area contributed by atoms with Crippen LogP contribution in [0.25, 0.3) is 0 Å². The maximum absolute atomic E-state index is 11.2. The molecule has 0 spiro atoms. The zero-order valence-electron chi connectivity index (χ0n) is 8.15. The molecular weight excluding hydrogens is 186 g/mol. The number of nitrogens with zero attached hydrogens (tertiary/aromatic N) is 2. The summed E-state index contributed by atoms with van der Waals surface area (Å²) in [4.78, 5) is 25.9. The average Bonchev–Trinajstić information content (AvgIpc) is 2.01. The topological polar surface area (TPSA) is 78.3 Å². The molecule has 0 atom stereocenters. The molecule has 78 valence electrons. The number of rotatable bonds is 3. The minimum Gasteiger partial charge on any atom is -0.494 e. The number of hydrogen-bond acceptors (Lipinski definition) is 4. The summed E-state index contributed by atoms with van der Waals surface area (Å²) in [5.74, 6) is -0.305. The van der Waals surface area contributed by atoms with Crippen molar-refractivity contribution in [2.45, 2.75) is 6.54 Å². The number of aromatic hydroxyl groups is 1. The highest BCUT2D eigenvalue weighted by atomic mass is 16.3. The van der Waals surface area contributed by atoms with E-state index in [1.807, 2.05) is 19.0 Å². The molecule has 1 aromatic rings. The predicted octanol–water partition coefficient (Wildman–Crippen LogP) is -1.20. The van der Waals surface area contributed by atoms with Crippen LogP contribution in [0.4, 0.5) is 0 Å². The lowest BCUT2D eigenvalue weighted by Crippen LogP contribution is -2.32. The molecule has 0 radical (unpaired) electrons. The van der Waals surface area contributed by atoms with Crippen molar-refractivity contribution < 1.29 is 5.11 Å². The van der Waals surface area contributed by atoms with E-state index in [-0.39, 0.29) is 5.88 Å². The highest BCUT2D eigenvalue weighted by Gasteiger charge is 2.03. The molecular formula is C8H13N3O3. The van der Waals surface area contributed by atoms with E-state index in [0.29, 0.717) is 13.1 Å². The van der Waals surface area contributed by atoms with E-state index in [1.165, 1.54) is 0 Å². The number of aromatic nitrogens is 2. The van der Waals surface area contributed by atoms with Crippen molar-refractivity contribution in [3.63, 3.8) is 0 Å². The third-order valence-corrected chi connectivity index (χ3v) is 1.78. The van der Waals surface area contributed by atoms with E-state index in [1.54, 1.807) is 0 Å². The minimum atomic E-state index is -0.589. The Morgan fingerprint density at radius 3 is 2.64 bits per heavy atom. The van der Waals surface area contributed by atoms with Crippen LogP contribution < -0.4 is 11.2 Å². The van der Waals surface area contributed by atoms with Gasteiger partial charge in [-0.1, -0.05) is 0 Å². The van der Waals surface area contributed by atoms with E-state index in [9.17, 15) is 14.7 Å². The zero-order valence-corrected chi connectivity index (χ0v) is 8.15. The van der Waals surface area contributed by atoms with E-state index in [4.69, 9.17) is 0 Å². The van der Waals surface area contributed by atoms with Crippen molar-refractivity contribution in [3.05, 3.63) is 26.9 Å². The average molecular weight is 199 g/mol. The molecule has 0 aliphatic carbocycles. The van der Waals surface area contributed by atoms with Crippen LogP contribution in [-0.4, -0.2) is 40.2 Å². The normalized spacial score (nSPS) is 10.8. The SMILES string of the molecule is CN(C)CCn1c(O)cc(=O)[nH]c1=O. The lowest BCUT2D eigenvalue weighted by Gasteiger charge is -2.11. The fourth-order valence-electron chi connectivity index (χ4n) is 1.02. The Labute approximate surface area is 80.4 Å². The summed E-state index contributed by atoms with van der Waals surface area (Å²) in [6.07, 6.45) is 0. The van der Waals surface area contributed by atoms with Gasteiger partial charge in [0.2, 0.25) is 5.88 Å². The lowest BCUT2D eigenvalue weighted by molar-refractivity contribution is 0.346. The second kappa shape index (κ2) is 4.10. The first-order valence-corrected chi connectivity index (χ1v) is 4.18. The molecule has 14 heavy (non-hydrogen) atoms. The van der Waals surface area contributed by atoms with Crippen molar-refractivity contribution in [2.24, 2.45) is 0 Å². The van der Waals surface area contributed by atoms with Crippen molar-refractivity contribution >= 4 is 0 Å². The Morgan fingerprint density at radius 1 is 1.50 bits per heavy atom. The third kappa shape index (κ3) is 2.46. The van der Waals surface area contributed by atoms with Crippen LogP contribution in [0.5, 0.6) is 5.88 Å². The molecule has 0 amide bonds. The molecule has 1 aromatic heterocycles. The van der Waals surface area contributed by atoms with Gasteiger partial charge in [0.05, 0.1) is 6.07 Å². The summed E-state index contributed by atoms with van der Waals surface area (Å²) in [5, 5.41) is 9.31. The maximum atomic E-state index is 11.2. The Hall–Kier alpha value is -1.56. The zero-order chi connectivity index (χ0) is 10.7. The van der Waals surface area contributed by atoms with Gasteiger partial charge >= 0.3 is 5.69 Å². The maximum Gasteiger partial charge on any atom is 0.331 e. The smallest absolute Gasteiger partial charge is 0.331 e. The summed E-state index contributed by atoms with van der Waals surface area (Å²) in [5.41, 5.74) is -1.18. The lowest BCUT2D eigenvalue weighted by atomic mass is 10.5. The Bertz CT molecular complexity index is 419. The van der Waals surface area contributed by atoms with Crippen LogP contribution in [0, 0.1) is 0 Å².